The van der Waals surface area contributed by atoms with E-state index in [0.717, 1.165) is 22.0 Å². The normalized spacial score (nSPS) is 10.6. The van der Waals surface area contributed by atoms with Crippen molar-refractivity contribution < 1.29 is 19.1 Å². The number of benzene rings is 3. The fourth-order valence-corrected chi connectivity index (χ4v) is 3.62. The van der Waals surface area contributed by atoms with Gasteiger partial charge in [-0.1, -0.05) is 35.5 Å². The largest absolute Gasteiger partial charge is 0.497 e. The molecule has 5 aromatic rings. The quantitative estimate of drug-likeness (QED) is 0.287. The molecule has 2 aromatic heterocycles. The van der Waals surface area contributed by atoms with Gasteiger partial charge in [0.2, 0.25) is 5.91 Å². The summed E-state index contributed by atoms with van der Waals surface area (Å²) < 4.78 is 11.1. The minimum atomic E-state index is -0.371. The molecule has 0 unspecified atom stereocenters. The van der Waals surface area contributed by atoms with Crippen LogP contribution in [0, 0.1) is 0 Å². The number of aromatic nitrogens is 4. The van der Waals surface area contributed by atoms with E-state index in [1.165, 1.54) is 6.92 Å². The van der Waals surface area contributed by atoms with Gasteiger partial charge in [-0.2, -0.15) is 0 Å². The molecule has 0 radical (unpaired) electrons. The molecule has 1 amide bonds. The number of pyridine rings is 1. The molecular formula is C28H24N6O4. The van der Waals surface area contributed by atoms with Crippen LogP contribution in [0.3, 0.4) is 0 Å². The molecule has 38 heavy (non-hydrogen) atoms. The zero-order valence-electron chi connectivity index (χ0n) is 20.7. The third-order valence-electron chi connectivity index (χ3n) is 5.49. The van der Waals surface area contributed by atoms with E-state index in [4.69, 9.17) is 14.3 Å². The molecule has 0 spiro atoms. The lowest BCUT2D eigenvalue weighted by atomic mass is 10.1. The van der Waals surface area contributed by atoms with Crippen LogP contribution in [0.25, 0.3) is 22.2 Å². The van der Waals surface area contributed by atoms with Crippen molar-refractivity contribution in [2.45, 2.75) is 13.5 Å². The van der Waals surface area contributed by atoms with Crippen LogP contribution in [0.4, 0.5) is 5.95 Å². The third-order valence-corrected chi connectivity index (χ3v) is 5.49. The van der Waals surface area contributed by atoms with E-state index in [-0.39, 0.29) is 11.9 Å². The van der Waals surface area contributed by atoms with Gasteiger partial charge < -0.3 is 14.3 Å². The van der Waals surface area contributed by atoms with Gasteiger partial charge in [0, 0.05) is 36.2 Å². The molecule has 5 rings (SSSR count). The van der Waals surface area contributed by atoms with E-state index in [1.54, 1.807) is 37.7 Å². The summed E-state index contributed by atoms with van der Waals surface area (Å²) in [5, 5.41) is 10.2. The maximum Gasteiger partial charge on any atom is 0.301 e. The number of anilines is 1. The van der Waals surface area contributed by atoms with Crippen LogP contribution in [0.2, 0.25) is 0 Å². The van der Waals surface area contributed by atoms with Gasteiger partial charge in [-0.25, -0.2) is 10.4 Å². The number of ether oxygens (including phenoxy) is 2. The number of rotatable bonds is 9. The zero-order chi connectivity index (χ0) is 26.3. The Labute approximate surface area is 218 Å². The predicted octanol–water partition coefficient (Wildman–Crippen LogP) is 4.53. The molecule has 0 fully saturated rings. The molecule has 10 heteroatoms. The molecule has 0 saturated heterocycles. The number of methoxy groups -OCH3 is 1. The van der Waals surface area contributed by atoms with Crippen molar-refractivity contribution in [3.8, 4) is 28.5 Å². The maximum atomic E-state index is 11.9. The van der Waals surface area contributed by atoms with Gasteiger partial charge in [0.25, 0.3) is 0 Å². The average Bonchev–Trinajstić information content (AvgIpc) is 2.96. The van der Waals surface area contributed by atoms with E-state index in [9.17, 15) is 4.79 Å². The SMILES string of the molecule is COc1ccc2c(ON(NC(C)=O)c3ncc(-c4ccc(OCc5ccccc5)cc4)nn3)ccnc2c1. The number of amides is 1. The topological polar surface area (TPSA) is 112 Å². The highest BCUT2D eigenvalue weighted by Gasteiger charge is 2.17. The summed E-state index contributed by atoms with van der Waals surface area (Å²) in [6.45, 7) is 1.84. The molecule has 3 aromatic carbocycles. The zero-order valence-corrected chi connectivity index (χ0v) is 20.7. The Morgan fingerprint density at radius 1 is 0.921 bits per heavy atom. The first-order chi connectivity index (χ1) is 18.6. The van der Waals surface area contributed by atoms with E-state index in [2.05, 4.69) is 25.6 Å². The second-order valence-corrected chi connectivity index (χ2v) is 8.19. The van der Waals surface area contributed by atoms with E-state index < -0.39 is 0 Å². The molecule has 10 nitrogen and oxygen atoms in total. The molecule has 0 aliphatic carbocycles. The van der Waals surface area contributed by atoms with Crippen molar-refractivity contribution in [3.63, 3.8) is 0 Å². The van der Waals surface area contributed by atoms with Crippen molar-refractivity contribution >= 4 is 22.8 Å². The average molecular weight is 509 g/mol. The first-order valence-corrected chi connectivity index (χ1v) is 11.7. The molecule has 0 aliphatic heterocycles. The summed E-state index contributed by atoms with van der Waals surface area (Å²) in [7, 11) is 1.59. The van der Waals surface area contributed by atoms with Gasteiger partial charge in [-0.05, 0) is 42.0 Å². The lowest BCUT2D eigenvalue weighted by molar-refractivity contribution is -0.120. The molecule has 0 saturated carbocycles. The Balaban J connectivity index is 1.32. The highest BCUT2D eigenvalue weighted by molar-refractivity contribution is 5.86. The Kier molecular flexibility index (Phi) is 7.21. The van der Waals surface area contributed by atoms with Crippen molar-refractivity contribution in [2.75, 3.05) is 12.3 Å². The Morgan fingerprint density at radius 2 is 1.71 bits per heavy atom. The summed E-state index contributed by atoms with van der Waals surface area (Å²) in [5.74, 6) is 1.52. The van der Waals surface area contributed by atoms with Crippen LogP contribution >= 0.6 is 0 Å². The molecule has 0 aliphatic rings. The van der Waals surface area contributed by atoms with Crippen LogP contribution in [0.1, 0.15) is 12.5 Å². The molecule has 1 N–H and O–H groups in total. The summed E-state index contributed by atoms with van der Waals surface area (Å²) in [6, 6.07) is 24.5. The van der Waals surface area contributed by atoms with E-state index in [0.29, 0.717) is 34.7 Å². The molecule has 0 bridgehead atoms. The number of nitrogens with one attached hydrogen (secondary N) is 1. The number of fused-ring (bicyclic) bond motifs is 1. The van der Waals surface area contributed by atoms with E-state index in [1.807, 2.05) is 60.7 Å². The minimum absolute atomic E-state index is 0.0465. The van der Waals surface area contributed by atoms with Crippen LogP contribution in [-0.2, 0) is 11.4 Å². The Morgan fingerprint density at radius 3 is 2.42 bits per heavy atom. The monoisotopic (exact) mass is 508 g/mol. The molecular weight excluding hydrogens is 484 g/mol. The smallest absolute Gasteiger partial charge is 0.301 e. The standard InChI is InChI=1S/C28H24N6O4/c1-19(35)33-34(38-27-14-15-29-25-16-23(36-2)12-13-24(25)27)28-30-17-26(31-32-28)21-8-10-22(11-9-21)37-18-20-6-4-3-5-7-20/h3-17H,18H2,1-2H3,(H,33,35). The number of nitrogens with zero attached hydrogens (tertiary/aromatic N) is 5. The van der Waals surface area contributed by atoms with Crippen molar-refractivity contribution in [3.05, 3.63) is 96.8 Å². The number of hydrazine groups is 1. The van der Waals surface area contributed by atoms with E-state index >= 15 is 0 Å². The van der Waals surface area contributed by atoms with Crippen molar-refractivity contribution in [1.82, 2.24) is 25.6 Å². The first kappa shape index (κ1) is 24.4. The molecule has 190 valence electrons. The minimum Gasteiger partial charge on any atom is -0.497 e. The number of carbonyl (C=O) groups excluding carboxylic acids is 1. The number of hydrogen-bond donors (Lipinski definition) is 1. The highest BCUT2D eigenvalue weighted by atomic mass is 16.7. The first-order valence-electron chi connectivity index (χ1n) is 11.7. The second kappa shape index (κ2) is 11.2. The maximum absolute atomic E-state index is 11.9. The van der Waals surface area contributed by atoms with Gasteiger partial charge in [-0.3, -0.25) is 9.78 Å². The van der Waals surface area contributed by atoms with Crippen LogP contribution in [0.15, 0.2) is 91.3 Å². The summed E-state index contributed by atoms with van der Waals surface area (Å²) >= 11 is 0. The van der Waals surface area contributed by atoms with Gasteiger partial charge in [0.1, 0.15) is 23.8 Å². The fourth-order valence-electron chi connectivity index (χ4n) is 3.62. The predicted molar refractivity (Wildman–Crippen MR) is 141 cm³/mol. The summed E-state index contributed by atoms with van der Waals surface area (Å²) in [6.07, 6.45) is 3.15. The van der Waals surface area contributed by atoms with Gasteiger partial charge in [-0.15, -0.1) is 10.2 Å². The van der Waals surface area contributed by atoms with Gasteiger partial charge in [0.15, 0.2) is 5.75 Å². The highest BCUT2D eigenvalue weighted by Crippen LogP contribution is 2.28. The summed E-state index contributed by atoms with van der Waals surface area (Å²) in [4.78, 5) is 26.5. The van der Waals surface area contributed by atoms with Gasteiger partial charge >= 0.3 is 5.95 Å². The van der Waals surface area contributed by atoms with Crippen LogP contribution < -0.4 is 24.9 Å². The third kappa shape index (κ3) is 5.76. The lowest BCUT2D eigenvalue weighted by Gasteiger charge is -2.22. The number of carbonyl (C=O) groups is 1. The van der Waals surface area contributed by atoms with Gasteiger partial charge in [0.05, 0.1) is 18.8 Å². The fraction of sp³-hybridized carbons (Fsp3) is 0.107. The van der Waals surface area contributed by atoms with Crippen LogP contribution in [0.5, 0.6) is 17.2 Å². The molecule has 2 heterocycles. The number of hydrogen-bond acceptors (Lipinski definition) is 9. The summed E-state index contributed by atoms with van der Waals surface area (Å²) in [5.41, 5.74) is 5.68. The Hall–Kier alpha value is -5.25. The lowest BCUT2D eigenvalue weighted by Crippen LogP contribution is -2.45. The Bertz CT molecular complexity index is 1530. The van der Waals surface area contributed by atoms with Crippen molar-refractivity contribution in [1.29, 1.82) is 0 Å². The second-order valence-electron chi connectivity index (χ2n) is 8.19. The van der Waals surface area contributed by atoms with Crippen LogP contribution in [-0.4, -0.2) is 33.2 Å². The van der Waals surface area contributed by atoms with Crippen molar-refractivity contribution in [2.24, 2.45) is 0 Å². The molecule has 0 atom stereocenters.